The van der Waals surface area contributed by atoms with Gasteiger partial charge in [0.1, 0.15) is 0 Å². The Labute approximate surface area is 116 Å². The van der Waals surface area contributed by atoms with Crippen LogP contribution in [0, 0.1) is 11.3 Å². The molecular weight excluding hydrogens is 256 g/mol. The van der Waals surface area contributed by atoms with Gasteiger partial charge in [0.15, 0.2) is 5.69 Å². The molecule has 0 spiro atoms. The molecule has 0 aliphatic heterocycles. The first kappa shape index (κ1) is 13.7. The van der Waals surface area contributed by atoms with Crippen LogP contribution in [-0.4, -0.2) is 34.4 Å². The Balaban J connectivity index is 2.65. The molecule has 6 nitrogen and oxygen atoms in total. The van der Waals surface area contributed by atoms with Crippen LogP contribution in [-0.2, 0) is 0 Å². The highest BCUT2D eigenvalue weighted by molar-refractivity contribution is 6.02. The maximum atomic E-state index is 11.4. The Hall–Kier alpha value is -2.68. The number of rotatable bonds is 5. The van der Waals surface area contributed by atoms with Crippen LogP contribution >= 0.6 is 0 Å². The molecule has 102 valence electrons. The fourth-order valence-corrected chi connectivity index (χ4v) is 2.12. The molecule has 0 saturated carbocycles. The number of anilines is 1. The van der Waals surface area contributed by atoms with Crippen LogP contribution in [0.5, 0.6) is 0 Å². The number of hydrogen-bond acceptors (Lipinski definition) is 5. The van der Waals surface area contributed by atoms with E-state index in [0.717, 1.165) is 5.39 Å². The molecule has 0 bridgehead atoms. The number of fused-ring (bicyclic) bond motifs is 1. The lowest BCUT2D eigenvalue weighted by atomic mass is 10.1. The summed E-state index contributed by atoms with van der Waals surface area (Å²) >= 11 is 0. The van der Waals surface area contributed by atoms with Crippen LogP contribution < -0.4 is 4.90 Å². The van der Waals surface area contributed by atoms with Gasteiger partial charge in [0.25, 0.3) is 0 Å². The number of aromatic carboxylic acids is 1. The molecule has 0 atom stereocenters. The van der Waals surface area contributed by atoms with Gasteiger partial charge in [-0.05, 0) is 13.0 Å². The van der Waals surface area contributed by atoms with Crippen molar-refractivity contribution >= 4 is 22.6 Å². The highest BCUT2D eigenvalue weighted by Gasteiger charge is 2.20. The van der Waals surface area contributed by atoms with Crippen LogP contribution in [0.3, 0.4) is 0 Å². The Morgan fingerprint density at radius 2 is 2.15 bits per heavy atom. The zero-order valence-corrected chi connectivity index (χ0v) is 11.1. The second kappa shape index (κ2) is 5.97. The first-order chi connectivity index (χ1) is 9.69. The quantitative estimate of drug-likeness (QED) is 0.894. The van der Waals surface area contributed by atoms with Crippen molar-refractivity contribution in [2.24, 2.45) is 0 Å². The number of carboxylic acid groups (broad SMARTS) is 1. The summed E-state index contributed by atoms with van der Waals surface area (Å²) < 4.78 is 0. The molecule has 1 aromatic carbocycles. The monoisotopic (exact) mass is 270 g/mol. The number of hydrogen-bond donors (Lipinski definition) is 1. The van der Waals surface area contributed by atoms with Gasteiger partial charge >= 0.3 is 5.97 Å². The summed E-state index contributed by atoms with van der Waals surface area (Å²) in [5, 5.41) is 26.5. The van der Waals surface area contributed by atoms with Crippen LogP contribution in [0.2, 0.25) is 0 Å². The van der Waals surface area contributed by atoms with Gasteiger partial charge < -0.3 is 10.0 Å². The lowest BCUT2D eigenvalue weighted by molar-refractivity contribution is 0.0690. The summed E-state index contributed by atoms with van der Waals surface area (Å²) in [6.07, 6.45) is 0.323. The Morgan fingerprint density at radius 3 is 2.80 bits per heavy atom. The van der Waals surface area contributed by atoms with Crippen molar-refractivity contribution in [3.05, 3.63) is 30.0 Å². The van der Waals surface area contributed by atoms with E-state index in [4.69, 9.17) is 5.26 Å². The lowest BCUT2D eigenvalue weighted by Gasteiger charge is -2.24. The Morgan fingerprint density at radius 1 is 1.40 bits per heavy atom. The molecule has 2 aromatic rings. The van der Waals surface area contributed by atoms with Crippen molar-refractivity contribution < 1.29 is 9.90 Å². The minimum Gasteiger partial charge on any atom is -0.476 e. The predicted octanol–water partition coefficient (Wildman–Crippen LogP) is 2.07. The van der Waals surface area contributed by atoms with Crippen molar-refractivity contribution in [2.45, 2.75) is 13.3 Å². The van der Waals surface area contributed by atoms with Gasteiger partial charge in [0.05, 0.1) is 23.7 Å². The first-order valence-electron chi connectivity index (χ1n) is 6.29. The second-order valence-corrected chi connectivity index (χ2v) is 4.21. The maximum absolute atomic E-state index is 11.4. The molecule has 6 heteroatoms. The molecule has 0 amide bonds. The summed E-state index contributed by atoms with van der Waals surface area (Å²) in [6, 6.07) is 9.34. The maximum Gasteiger partial charge on any atom is 0.358 e. The number of carbonyl (C=O) groups is 1. The van der Waals surface area contributed by atoms with Crippen molar-refractivity contribution in [2.75, 3.05) is 18.0 Å². The third-order valence-electron chi connectivity index (χ3n) is 3.04. The average molecular weight is 270 g/mol. The van der Waals surface area contributed by atoms with E-state index in [1.165, 1.54) is 0 Å². The Kier molecular flexibility index (Phi) is 4.11. The molecule has 1 aromatic heterocycles. The summed E-state index contributed by atoms with van der Waals surface area (Å²) in [6.45, 7) is 2.97. The highest BCUT2D eigenvalue weighted by atomic mass is 16.4. The molecule has 0 unspecified atom stereocenters. The summed E-state index contributed by atoms with van der Waals surface area (Å²) in [4.78, 5) is 13.2. The fraction of sp³-hybridized carbons (Fsp3) is 0.286. The molecule has 0 fully saturated rings. The number of nitriles is 1. The van der Waals surface area contributed by atoms with E-state index in [0.29, 0.717) is 30.7 Å². The van der Waals surface area contributed by atoms with Gasteiger partial charge in [0.2, 0.25) is 0 Å². The van der Waals surface area contributed by atoms with E-state index in [9.17, 15) is 9.90 Å². The molecule has 1 N–H and O–H groups in total. The SMILES string of the molecule is CCN(CCC#N)c1c(C(=O)O)nnc2ccccc12. The van der Waals surface area contributed by atoms with E-state index in [-0.39, 0.29) is 5.69 Å². The minimum absolute atomic E-state index is 0.0801. The minimum atomic E-state index is -1.12. The zero-order valence-electron chi connectivity index (χ0n) is 11.1. The number of carboxylic acids is 1. The molecule has 0 aliphatic rings. The average Bonchev–Trinajstić information content (AvgIpc) is 2.47. The fourth-order valence-electron chi connectivity index (χ4n) is 2.12. The summed E-state index contributed by atoms with van der Waals surface area (Å²) in [5.74, 6) is -1.12. The molecular formula is C14H14N4O2. The topological polar surface area (TPSA) is 90.1 Å². The van der Waals surface area contributed by atoms with Crippen LogP contribution in [0.25, 0.3) is 10.9 Å². The summed E-state index contributed by atoms with van der Waals surface area (Å²) in [5.41, 5.74) is 1.09. The number of aromatic nitrogens is 2. The van der Waals surface area contributed by atoms with E-state index in [1.54, 1.807) is 6.07 Å². The zero-order chi connectivity index (χ0) is 14.5. The van der Waals surface area contributed by atoms with Crippen molar-refractivity contribution in [1.82, 2.24) is 10.2 Å². The van der Waals surface area contributed by atoms with Crippen LogP contribution in [0.4, 0.5) is 5.69 Å². The van der Waals surface area contributed by atoms with Gasteiger partial charge in [-0.25, -0.2) is 4.79 Å². The van der Waals surface area contributed by atoms with Gasteiger partial charge in [-0.1, -0.05) is 18.2 Å². The van der Waals surface area contributed by atoms with Crippen LogP contribution in [0.15, 0.2) is 24.3 Å². The summed E-state index contributed by atoms with van der Waals surface area (Å²) in [7, 11) is 0. The molecule has 20 heavy (non-hydrogen) atoms. The molecule has 2 rings (SSSR count). The normalized spacial score (nSPS) is 10.2. The van der Waals surface area contributed by atoms with Crippen molar-refractivity contribution in [1.29, 1.82) is 5.26 Å². The van der Waals surface area contributed by atoms with Crippen LogP contribution in [0.1, 0.15) is 23.8 Å². The first-order valence-corrected chi connectivity index (χ1v) is 6.29. The van der Waals surface area contributed by atoms with E-state index < -0.39 is 5.97 Å². The largest absolute Gasteiger partial charge is 0.476 e. The Bertz CT molecular complexity index is 678. The highest BCUT2D eigenvalue weighted by Crippen LogP contribution is 2.28. The lowest BCUT2D eigenvalue weighted by Crippen LogP contribution is -2.27. The molecule has 0 radical (unpaired) electrons. The van der Waals surface area contributed by atoms with Gasteiger partial charge in [-0.3, -0.25) is 0 Å². The van der Waals surface area contributed by atoms with E-state index in [2.05, 4.69) is 16.3 Å². The van der Waals surface area contributed by atoms with Gasteiger partial charge in [-0.2, -0.15) is 5.26 Å². The second-order valence-electron chi connectivity index (χ2n) is 4.21. The molecule has 1 heterocycles. The molecule has 0 saturated heterocycles. The third-order valence-corrected chi connectivity index (χ3v) is 3.04. The smallest absolute Gasteiger partial charge is 0.358 e. The number of benzene rings is 1. The van der Waals surface area contributed by atoms with Gasteiger partial charge in [0, 0.05) is 18.5 Å². The van der Waals surface area contributed by atoms with Crippen molar-refractivity contribution in [3.63, 3.8) is 0 Å². The van der Waals surface area contributed by atoms with Crippen molar-refractivity contribution in [3.8, 4) is 6.07 Å². The van der Waals surface area contributed by atoms with Gasteiger partial charge in [-0.15, -0.1) is 10.2 Å². The van der Waals surface area contributed by atoms with E-state index in [1.807, 2.05) is 30.0 Å². The number of nitrogens with zero attached hydrogens (tertiary/aromatic N) is 4. The molecule has 0 aliphatic carbocycles. The standard InChI is InChI=1S/C14H14N4O2/c1-2-18(9-5-8-15)13-10-6-3-4-7-11(10)16-17-12(13)14(19)20/h3-4,6-7H,2,5,9H2,1H3,(H,19,20). The third kappa shape index (κ3) is 2.52. The predicted molar refractivity (Wildman–Crippen MR) is 74.6 cm³/mol. The van der Waals surface area contributed by atoms with E-state index >= 15 is 0 Å².